The van der Waals surface area contributed by atoms with Crippen LogP contribution in [0.4, 0.5) is 0 Å². The second-order valence-corrected chi connectivity index (χ2v) is 3.55. The summed E-state index contributed by atoms with van der Waals surface area (Å²) in [5.74, 6) is 0. The molecule has 0 aromatic carbocycles. The summed E-state index contributed by atoms with van der Waals surface area (Å²) in [6, 6.07) is 1.93. The van der Waals surface area contributed by atoms with Gasteiger partial charge in [-0.3, -0.25) is 4.90 Å². The minimum absolute atomic E-state index is 0.967. The van der Waals surface area contributed by atoms with Gasteiger partial charge in [0.1, 0.15) is 0 Å². The van der Waals surface area contributed by atoms with Crippen molar-refractivity contribution < 1.29 is 0 Å². The highest BCUT2D eigenvalue weighted by atomic mass is 15.2. The molecular formula is C9H16N. The van der Waals surface area contributed by atoms with Crippen LogP contribution >= 0.6 is 0 Å². The molecule has 2 rings (SSSR count). The van der Waals surface area contributed by atoms with E-state index >= 15 is 0 Å². The zero-order valence-electron chi connectivity index (χ0n) is 6.55. The van der Waals surface area contributed by atoms with Gasteiger partial charge in [-0.1, -0.05) is 6.92 Å². The Balaban J connectivity index is 1.80. The molecule has 0 N–H and O–H groups in total. The first-order chi connectivity index (χ1) is 4.92. The van der Waals surface area contributed by atoms with Gasteiger partial charge in [0.2, 0.25) is 0 Å². The van der Waals surface area contributed by atoms with E-state index in [0.717, 1.165) is 18.5 Å². The van der Waals surface area contributed by atoms with Crippen LogP contribution in [0.25, 0.3) is 0 Å². The third-order valence-electron chi connectivity index (χ3n) is 2.45. The van der Waals surface area contributed by atoms with Crippen LogP contribution in [0.1, 0.15) is 32.1 Å². The van der Waals surface area contributed by atoms with E-state index in [4.69, 9.17) is 0 Å². The second-order valence-electron chi connectivity index (χ2n) is 3.55. The number of hydrogen-bond acceptors (Lipinski definition) is 1. The van der Waals surface area contributed by atoms with E-state index in [1.54, 1.807) is 0 Å². The molecule has 0 aromatic heterocycles. The predicted molar refractivity (Wildman–Crippen MR) is 42.7 cm³/mol. The molecule has 0 aliphatic heterocycles. The van der Waals surface area contributed by atoms with Gasteiger partial charge >= 0.3 is 0 Å². The fourth-order valence-corrected chi connectivity index (χ4v) is 1.66. The maximum absolute atomic E-state index is 3.90. The topological polar surface area (TPSA) is 3.24 Å². The molecule has 0 bridgehead atoms. The fourth-order valence-electron chi connectivity index (χ4n) is 1.66. The van der Waals surface area contributed by atoms with Gasteiger partial charge in [0.15, 0.2) is 0 Å². The van der Waals surface area contributed by atoms with Crippen molar-refractivity contribution in [3.05, 3.63) is 6.92 Å². The normalized spacial score (nSPS) is 25.8. The summed E-state index contributed by atoms with van der Waals surface area (Å²) in [5, 5.41) is 0. The van der Waals surface area contributed by atoms with E-state index in [9.17, 15) is 0 Å². The van der Waals surface area contributed by atoms with Gasteiger partial charge in [0.05, 0.1) is 0 Å². The maximum atomic E-state index is 3.90. The highest BCUT2D eigenvalue weighted by Gasteiger charge is 2.38. The lowest BCUT2D eigenvalue weighted by molar-refractivity contribution is 0.257. The molecule has 1 nitrogen and oxygen atoms in total. The van der Waals surface area contributed by atoms with Gasteiger partial charge in [0, 0.05) is 12.1 Å². The van der Waals surface area contributed by atoms with Gasteiger partial charge in [-0.15, -0.1) is 0 Å². The number of hydrogen-bond donors (Lipinski definition) is 0. The summed E-state index contributed by atoms with van der Waals surface area (Å²) >= 11 is 0. The smallest absolute Gasteiger partial charge is 0.00993 e. The lowest BCUT2D eigenvalue weighted by atomic mass is 10.4. The van der Waals surface area contributed by atoms with Gasteiger partial charge in [-0.2, -0.15) is 0 Å². The molecule has 0 amide bonds. The fraction of sp³-hybridized carbons (Fsp3) is 0.889. The van der Waals surface area contributed by atoms with Gasteiger partial charge < -0.3 is 0 Å². The first-order valence-corrected chi connectivity index (χ1v) is 4.47. The molecule has 2 saturated carbocycles. The van der Waals surface area contributed by atoms with Crippen LogP contribution in [-0.4, -0.2) is 23.5 Å². The van der Waals surface area contributed by atoms with Crippen molar-refractivity contribution in [2.45, 2.75) is 44.2 Å². The van der Waals surface area contributed by atoms with E-state index in [2.05, 4.69) is 11.8 Å². The molecular weight excluding hydrogens is 122 g/mol. The van der Waals surface area contributed by atoms with Crippen LogP contribution in [-0.2, 0) is 0 Å². The van der Waals surface area contributed by atoms with Crippen molar-refractivity contribution in [1.82, 2.24) is 4.90 Å². The van der Waals surface area contributed by atoms with Crippen molar-refractivity contribution in [3.63, 3.8) is 0 Å². The van der Waals surface area contributed by atoms with Crippen LogP contribution in [0.3, 0.4) is 0 Å². The first kappa shape index (κ1) is 6.66. The van der Waals surface area contributed by atoms with Gasteiger partial charge in [-0.25, -0.2) is 0 Å². The Bertz CT molecular complexity index is 102. The predicted octanol–water partition coefficient (Wildman–Crippen LogP) is 1.84. The quantitative estimate of drug-likeness (QED) is 0.573. The average molecular weight is 138 g/mol. The Hall–Kier alpha value is -0.0400. The molecule has 0 aromatic rings. The van der Waals surface area contributed by atoms with Crippen LogP contribution in [0.5, 0.6) is 0 Å². The Morgan fingerprint density at radius 3 is 1.90 bits per heavy atom. The third kappa shape index (κ3) is 1.34. The highest BCUT2D eigenvalue weighted by Crippen LogP contribution is 2.36. The standard InChI is InChI=1S/C9H16N/c1-2-7-10(8-3-4-8)9-5-6-9/h8-9H,1-7H2. The van der Waals surface area contributed by atoms with Crippen molar-refractivity contribution in [1.29, 1.82) is 0 Å². The summed E-state index contributed by atoms with van der Waals surface area (Å²) < 4.78 is 0. The van der Waals surface area contributed by atoms with Crippen molar-refractivity contribution in [2.24, 2.45) is 0 Å². The zero-order valence-corrected chi connectivity index (χ0v) is 6.55. The summed E-state index contributed by atoms with van der Waals surface area (Å²) in [5.41, 5.74) is 0. The maximum Gasteiger partial charge on any atom is 0.00993 e. The third-order valence-corrected chi connectivity index (χ3v) is 2.45. The van der Waals surface area contributed by atoms with Crippen LogP contribution in [0.2, 0.25) is 0 Å². The van der Waals surface area contributed by atoms with Crippen LogP contribution in [0, 0.1) is 6.92 Å². The second kappa shape index (κ2) is 2.54. The number of rotatable bonds is 4. The lowest BCUT2D eigenvalue weighted by Gasteiger charge is -2.19. The molecule has 2 aliphatic carbocycles. The molecule has 0 unspecified atom stereocenters. The van der Waals surface area contributed by atoms with Crippen molar-refractivity contribution in [3.8, 4) is 0 Å². The molecule has 1 radical (unpaired) electrons. The van der Waals surface area contributed by atoms with E-state index in [-0.39, 0.29) is 0 Å². The minimum atomic E-state index is 0.967. The monoisotopic (exact) mass is 138 g/mol. The molecule has 2 aliphatic rings. The Morgan fingerprint density at radius 1 is 1.10 bits per heavy atom. The molecule has 0 atom stereocenters. The average Bonchev–Trinajstić information content (AvgIpc) is 2.77. The van der Waals surface area contributed by atoms with E-state index in [1.165, 1.54) is 32.2 Å². The summed E-state index contributed by atoms with van der Waals surface area (Å²) in [7, 11) is 0. The molecule has 0 spiro atoms. The Morgan fingerprint density at radius 2 is 1.60 bits per heavy atom. The molecule has 0 saturated heterocycles. The molecule has 0 heterocycles. The van der Waals surface area contributed by atoms with Crippen molar-refractivity contribution in [2.75, 3.05) is 6.54 Å². The van der Waals surface area contributed by atoms with E-state index < -0.39 is 0 Å². The summed E-state index contributed by atoms with van der Waals surface area (Å²) in [6.45, 7) is 5.15. The van der Waals surface area contributed by atoms with Crippen molar-refractivity contribution >= 4 is 0 Å². The Labute approximate surface area is 63.4 Å². The van der Waals surface area contributed by atoms with Gasteiger partial charge in [0.25, 0.3) is 0 Å². The largest absolute Gasteiger partial charge is 0.297 e. The molecule has 10 heavy (non-hydrogen) atoms. The minimum Gasteiger partial charge on any atom is -0.297 e. The van der Waals surface area contributed by atoms with Gasteiger partial charge in [-0.05, 0) is 38.6 Å². The summed E-state index contributed by atoms with van der Waals surface area (Å²) in [6.07, 6.45) is 6.91. The van der Waals surface area contributed by atoms with Crippen LogP contribution in [0.15, 0.2) is 0 Å². The first-order valence-electron chi connectivity index (χ1n) is 4.47. The molecule has 1 heteroatoms. The molecule has 57 valence electrons. The summed E-state index contributed by atoms with van der Waals surface area (Å²) in [4.78, 5) is 2.67. The lowest BCUT2D eigenvalue weighted by Crippen LogP contribution is -2.28. The SMILES string of the molecule is [CH2]CCN(C1CC1)C1CC1. The molecule has 2 fully saturated rings. The zero-order chi connectivity index (χ0) is 6.97. The number of nitrogens with zero attached hydrogens (tertiary/aromatic N) is 1. The van der Waals surface area contributed by atoms with Crippen LogP contribution < -0.4 is 0 Å². The highest BCUT2D eigenvalue weighted by molar-refractivity contribution is 4.94. The van der Waals surface area contributed by atoms with E-state index in [0.29, 0.717) is 0 Å². The van der Waals surface area contributed by atoms with E-state index in [1.807, 2.05) is 0 Å². The Kier molecular flexibility index (Phi) is 1.69.